The number of ether oxygens (including phenoxy) is 2. The van der Waals surface area contributed by atoms with E-state index in [9.17, 15) is 0 Å². The Morgan fingerprint density at radius 2 is 2.14 bits per heavy atom. The van der Waals surface area contributed by atoms with Gasteiger partial charge >= 0.3 is 0 Å². The molecular weight excluding hydrogens is 268 g/mol. The van der Waals surface area contributed by atoms with E-state index in [1.807, 2.05) is 25.2 Å². The van der Waals surface area contributed by atoms with Crippen molar-refractivity contribution >= 4 is 0 Å². The number of benzene rings is 1. The van der Waals surface area contributed by atoms with E-state index in [1.165, 1.54) is 6.33 Å². The van der Waals surface area contributed by atoms with Gasteiger partial charge in [-0.15, -0.1) is 0 Å². The van der Waals surface area contributed by atoms with Crippen LogP contribution < -0.4 is 14.8 Å². The van der Waals surface area contributed by atoms with Crippen LogP contribution >= 0.6 is 0 Å². The van der Waals surface area contributed by atoms with Crippen molar-refractivity contribution in [1.29, 1.82) is 0 Å². The fourth-order valence-corrected chi connectivity index (χ4v) is 1.85. The molecule has 0 atom stereocenters. The summed E-state index contributed by atoms with van der Waals surface area (Å²) in [5.41, 5.74) is 1.09. The zero-order chi connectivity index (χ0) is 15.2. The lowest BCUT2D eigenvalue weighted by atomic mass is 10.2. The molecular formula is C15H22N4O2. The first-order valence-electron chi connectivity index (χ1n) is 6.96. The molecule has 1 aromatic carbocycles. The third-order valence-corrected chi connectivity index (χ3v) is 3.14. The van der Waals surface area contributed by atoms with E-state index >= 15 is 0 Å². The molecule has 0 unspecified atom stereocenters. The van der Waals surface area contributed by atoms with Crippen molar-refractivity contribution in [3.8, 4) is 11.5 Å². The molecule has 0 aliphatic rings. The molecule has 0 aliphatic carbocycles. The smallest absolute Gasteiger partial charge is 0.164 e. The van der Waals surface area contributed by atoms with Gasteiger partial charge < -0.3 is 14.8 Å². The van der Waals surface area contributed by atoms with Gasteiger partial charge in [-0.2, -0.15) is 5.10 Å². The minimum Gasteiger partial charge on any atom is -0.497 e. The number of methoxy groups -OCH3 is 1. The first-order chi connectivity index (χ1) is 10.1. The fourth-order valence-electron chi connectivity index (χ4n) is 1.85. The van der Waals surface area contributed by atoms with E-state index in [4.69, 9.17) is 9.47 Å². The van der Waals surface area contributed by atoms with Crippen molar-refractivity contribution in [2.45, 2.75) is 33.0 Å². The van der Waals surface area contributed by atoms with Crippen LogP contribution in [-0.4, -0.2) is 27.9 Å². The molecule has 6 heteroatoms. The van der Waals surface area contributed by atoms with Gasteiger partial charge in [0.05, 0.1) is 7.11 Å². The number of rotatable bonds is 7. The van der Waals surface area contributed by atoms with E-state index in [1.54, 1.807) is 11.8 Å². The van der Waals surface area contributed by atoms with E-state index in [0.717, 1.165) is 29.4 Å². The largest absolute Gasteiger partial charge is 0.497 e. The van der Waals surface area contributed by atoms with Gasteiger partial charge in [0.1, 0.15) is 24.4 Å². The molecule has 0 radical (unpaired) electrons. The van der Waals surface area contributed by atoms with Gasteiger partial charge in [0.2, 0.25) is 0 Å². The predicted molar refractivity (Wildman–Crippen MR) is 80.3 cm³/mol. The van der Waals surface area contributed by atoms with Crippen LogP contribution in [0.1, 0.15) is 25.2 Å². The summed E-state index contributed by atoms with van der Waals surface area (Å²) in [5, 5.41) is 7.42. The molecule has 2 aromatic rings. The number of aromatic nitrogens is 3. The average Bonchev–Trinajstić information content (AvgIpc) is 2.88. The molecule has 114 valence electrons. The monoisotopic (exact) mass is 290 g/mol. The highest BCUT2D eigenvalue weighted by molar-refractivity contribution is 5.40. The zero-order valence-electron chi connectivity index (χ0n) is 13.0. The summed E-state index contributed by atoms with van der Waals surface area (Å²) in [6, 6.07) is 6.26. The van der Waals surface area contributed by atoms with Crippen molar-refractivity contribution in [3.63, 3.8) is 0 Å². The van der Waals surface area contributed by atoms with E-state index in [2.05, 4.69) is 29.2 Å². The van der Waals surface area contributed by atoms with Gasteiger partial charge in [0.25, 0.3) is 0 Å². The predicted octanol–water partition coefficient (Wildman–Crippen LogP) is 1.90. The van der Waals surface area contributed by atoms with Crippen LogP contribution in [0.25, 0.3) is 0 Å². The molecule has 0 spiro atoms. The maximum Gasteiger partial charge on any atom is 0.164 e. The van der Waals surface area contributed by atoms with E-state index in [-0.39, 0.29) is 0 Å². The molecule has 1 N–H and O–H groups in total. The quantitative estimate of drug-likeness (QED) is 0.844. The molecule has 2 rings (SSSR count). The highest BCUT2D eigenvalue weighted by Crippen LogP contribution is 2.25. The van der Waals surface area contributed by atoms with Gasteiger partial charge in [-0.25, -0.2) is 4.98 Å². The fraction of sp³-hybridized carbons (Fsp3) is 0.467. The summed E-state index contributed by atoms with van der Waals surface area (Å²) in [4.78, 5) is 4.16. The van der Waals surface area contributed by atoms with Crippen LogP contribution in [0.2, 0.25) is 0 Å². The van der Waals surface area contributed by atoms with Crippen molar-refractivity contribution < 1.29 is 9.47 Å². The number of aryl methyl sites for hydroxylation is 1. The van der Waals surface area contributed by atoms with Gasteiger partial charge in [-0.3, -0.25) is 4.68 Å². The Morgan fingerprint density at radius 1 is 1.33 bits per heavy atom. The van der Waals surface area contributed by atoms with Gasteiger partial charge in [-0.1, -0.05) is 19.9 Å². The van der Waals surface area contributed by atoms with Crippen molar-refractivity contribution in [3.05, 3.63) is 35.9 Å². The van der Waals surface area contributed by atoms with Crippen LogP contribution in [-0.2, 0) is 20.2 Å². The number of hydrogen-bond donors (Lipinski definition) is 1. The first-order valence-corrected chi connectivity index (χ1v) is 6.96. The molecule has 1 aromatic heterocycles. The third-order valence-electron chi connectivity index (χ3n) is 3.14. The molecule has 0 aliphatic heterocycles. The number of nitrogens with zero attached hydrogens (tertiary/aromatic N) is 3. The molecule has 1 heterocycles. The maximum atomic E-state index is 5.89. The standard InChI is InChI=1S/C15H22N4O2/c1-11(2)16-8-12-5-6-13(20-4)7-14(12)21-9-15-17-10-18-19(15)3/h5-7,10-11,16H,8-9H2,1-4H3. The zero-order valence-corrected chi connectivity index (χ0v) is 13.0. The molecule has 0 amide bonds. The van der Waals surface area contributed by atoms with Gasteiger partial charge in [-0.05, 0) is 6.07 Å². The van der Waals surface area contributed by atoms with Crippen molar-refractivity contribution in [2.24, 2.45) is 7.05 Å². The highest BCUT2D eigenvalue weighted by atomic mass is 16.5. The molecule has 6 nitrogen and oxygen atoms in total. The topological polar surface area (TPSA) is 61.2 Å². The van der Waals surface area contributed by atoms with Crippen LogP contribution in [0.4, 0.5) is 0 Å². The summed E-state index contributed by atoms with van der Waals surface area (Å²) in [6.45, 7) is 5.35. The third kappa shape index (κ3) is 4.19. The average molecular weight is 290 g/mol. The minimum atomic E-state index is 0.373. The molecule has 0 fully saturated rings. The van der Waals surface area contributed by atoms with Crippen LogP contribution in [0.15, 0.2) is 24.5 Å². The van der Waals surface area contributed by atoms with Crippen LogP contribution in [0.5, 0.6) is 11.5 Å². The van der Waals surface area contributed by atoms with E-state index < -0.39 is 0 Å². The first kappa shape index (κ1) is 15.3. The summed E-state index contributed by atoms with van der Waals surface area (Å²) < 4.78 is 12.9. The Bertz CT molecular complexity index is 581. The summed E-state index contributed by atoms with van der Waals surface area (Å²) >= 11 is 0. The number of nitrogens with one attached hydrogen (secondary N) is 1. The number of hydrogen-bond acceptors (Lipinski definition) is 5. The SMILES string of the molecule is COc1ccc(CNC(C)C)c(OCc2ncnn2C)c1. The minimum absolute atomic E-state index is 0.373. The second-order valence-electron chi connectivity index (χ2n) is 5.10. The lowest BCUT2D eigenvalue weighted by Crippen LogP contribution is -2.22. The Kier molecular flexibility index (Phi) is 5.16. The Balaban J connectivity index is 2.12. The van der Waals surface area contributed by atoms with Gasteiger partial charge in [0.15, 0.2) is 5.82 Å². The second kappa shape index (κ2) is 7.08. The van der Waals surface area contributed by atoms with Crippen molar-refractivity contribution in [1.82, 2.24) is 20.1 Å². The molecule has 21 heavy (non-hydrogen) atoms. The van der Waals surface area contributed by atoms with Crippen molar-refractivity contribution in [2.75, 3.05) is 7.11 Å². The molecule has 0 bridgehead atoms. The maximum absolute atomic E-state index is 5.89. The Morgan fingerprint density at radius 3 is 2.76 bits per heavy atom. The second-order valence-corrected chi connectivity index (χ2v) is 5.10. The lowest BCUT2D eigenvalue weighted by molar-refractivity contribution is 0.284. The lowest BCUT2D eigenvalue weighted by Gasteiger charge is -2.14. The van der Waals surface area contributed by atoms with Crippen LogP contribution in [0.3, 0.4) is 0 Å². The summed E-state index contributed by atoms with van der Waals surface area (Å²) in [7, 11) is 3.49. The van der Waals surface area contributed by atoms with Crippen LogP contribution in [0, 0.1) is 0 Å². The summed E-state index contributed by atoms with van der Waals surface area (Å²) in [5.74, 6) is 2.35. The Hall–Kier alpha value is -2.08. The van der Waals surface area contributed by atoms with E-state index in [0.29, 0.717) is 12.6 Å². The highest BCUT2D eigenvalue weighted by Gasteiger charge is 2.09. The summed E-state index contributed by atoms with van der Waals surface area (Å²) in [6.07, 6.45) is 1.52. The Labute approximate surface area is 125 Å². The van der Waals surface area contributed by atoms with Gasteiger partial charge in [0, 0.05) is 31.3 Å². The normalized spacial score (nSPS) is 10.9. The molecule has 0 saturated heterocycles. The molecule has 0 saturated carbocycles.